The molecule has 1 aliphatic heterocycles. The van der Waals surface area contributed by atoms with Crippen LogP contribution in [0.3, 0.4) is 0 Å². The SMILES string of the molecule is CCOc1ccc(S(=O)(=O)N2CCCC2CN)cc1Br. The number of nitrogens with two attached hydrogens (primary N) is 1. The second-order valence-electron chi connectivity index (χ2n) is 4.67. The molecule has 0 aliphatic carbocycles. The van der Waals surface area contributed by atoms with E-state index in [0.717, 1.165) is 12.8 Å². The predicted molar refractivity (Wildman–Crippen MR) is 81.3 cm³/mol. The van der Waals surface area contributed by atoms with Gasteiger partial charge in [-0.2, -0.15) is 4.31 Å². The van der Waals surface area contributed by atoms with Gasteiger partial charge in [0.1, 0.15) is 5.75 Å². The summed E-state index contributed by atoms with van der Waals surface area (Å²) in [6, 6.07) is 4.75. The molecule has 0 saturated carbocycles. The molecule has 2 rings (SSSR count). The van der Waals surface area contributed by atoms with Crippen LogP contribution >= 0.6 is 15.9 Å². The quantitative estimate of drug-likeness (QED) is 0.868. The second-order valence-corrected chi connectivity index (χ2v) is 7.42. The van der Waals surface area contributed by atoms with Gasteiger partial charge in [-0.15, -0.1) is 0 Å². The molecular formula is C13H19BrN2O3S. The van der Waals surface area contributed by atoms with Crippen LogP contribution in [0, 0.1) is 0 Å². The fourth-order valence-electron chi connectivity index (χ4n) is 2.41. The lowest BCUT2D eigenvalue weighted by Crippen LogP contribution is -2.39. The van der Waals surface area contributed by atoms with Gasteiger partial charge in [0.05, 0.1) is 16.0 Å². The summed E-state index contributed by atoms with van der Waals surface area (Å²) in [6.07, 6.45) is 1.69. The first-order chi connectivity index (χ1) is 9.50. The van der Waals surface area contributed by atoms with Gasteiger partial charge in [0.2, 0.25) is 10.0 Å². The largest absolute Gasteiger partial charge is 0.493 e. The lowest BCUT2D eigenvalue weighted by molar-refractivity contribution is 0.337. The molecule has 1 aliphatic rings. The van der Waals surface area contributed by atoms with Gasteiger partial charge >= 0.3 is 0 Å². The normalized spacial score (nSPS) is 20.2. The zero-order valence-corrected chi connectivity index (χ0v) is 13.8. The fraction of sp³-hybridized carbons (Fsp3) is 0.538. The molecule has 1 unspecified atom stereocenters. The summed E-state index contributed by atoms with van der Waals surface area (Å²) >= 11 is 3.35. The molecule has 5 nitrogen and oxygen atoms in total. The van der Waals surface area contributed by atoms with Crippen LogP contribution in [0.25, 0.3) is 0 Å². The molecule has 0 amide bonds. The molecule has 0 radical (unpaired) electrons. The number of hydrogen-bond acceptors (Lipinski definition) is 4. The Kier molecular flexibility index (Phi) is 5.06. The van der Waals surface area contributed by atoms with Crippen LogP contribution in [0.4, 0.5) is 0 Å². The van der Waals surface area contributed by atoms with Crippen molar-refractivity contribution in [3.63, 3.8) is 0 Å². The molecule has 1 saturated heterocycles. The number of nitrogens with zero attached hydrogens (tertiary/aromatic N) is 1. The van der Waals surface area contributed by atoms with Gasteiger partial charge < -0.3 is 10.5 Å². The molecule has 1 aromatic carbocycles. The van der Waals surface area contributed by atoms with Crippen LogP contribution in [-0.2, 0) is 10.0 Å². The van der Waals surface area contributed by atoms with E-state index in [1.807, 2.05) is 6.92 Å². The first-order valence-electron chi connectivity index (χ1n) is 6.65. The van der Waals surface area contributed by atoms with E-state index in [-0.39, 0.29) is 10.9 Å². The summed E-state index contributed by atoms with van der Waals surface area (Å²) in [5, 5.41) is 0. The fourth-order valence-corrected chi connectivity index (χ4v) is 4.79. The van der Waals surface area contributed by atoms with Crippen molar-refractivity contribution < 1.29 is 13.2 Å². The predicted octanol–water partition coefficient (Wildman–Crippen LogP) is 1.96. The van der Waals surface area contributed by atoms with Gasteiger partial charge in [-0.25, -0.2) is 8.42 Å². The number of hydrogen-bond donors (Lipinski definition) is 1. The number of rotatable bonds is 5. The molecule has 1 fully saturated rings. The highest BCUT2D eigenvalue weighted by Crippen LogP contribution is 2.31. The number of sulfonamides is 1. The topological polar surface area (TPSA) is 72.6 Å². The van der Waals surface area contributed by atoms with Gasteiger partial charge in [0.25, 0.3) is 0 Å². The zero-order valence-electron chi connectivity index (χ0n) is 11.4. The van der Waals surface area contributed by atoms with Crippen molar-refractivity contribution >= 4 is 26.0 Å². The Morgan fingerprint density at radius 3 is 2.85 bits per heavy atom. The van der Waals surface area contributed by atoms with Crippen molar-refractivity contribution in [2.45, 2.75) is 30.7 Å². The number of benzene rings is 1. The molecule has 2 N–H and O–H groups in total. The molecule has 1 atom stereocenters. The molecule has 0 bridgehead atoms. The molecule has 0 aromatic heterocycles. The smallest absolute Gasteiger partial charge is 0.243 e. The zero-order chi connectivity index (χ0) is 14.8. The minimum absolute atomic E-state index is 0.0923. The molecule has 0 spiro atoms. The van der Waals surface area contributed by atoms with Crippen LogP contribution in [0.15, 0.2) is 27.6 Å². The Bertz CT molecular complexity index is 577. The van der Waals surface area contributed by atoms with Crippen molar-refractivity contribution in [1.82, 2.24) is 4.31 Å². The number of halogens is 1. The summed E-state index contributed by atoms with van der Waals surface area (Å²) in [6.45, 7) is 3.31. The standard InChI is InChI=1S/C13H19BrN2O3S/c1-2-19-13-6-5-11(8-12(13)14)20(17,18)16-7-3-4-10(16)9-15/h5-6,8,10H,2-4,7,9,15H2,1H3. The van der Waals surface area contributed by atoms with Crippen molar-refractivity contribution in [2.75, 3.05) is 19.7 Å². The Hall–Kier alpha value is -0.630. The van der Waals surface area contributed by atoms with Gasteiger partial charge in [0, 0.05) is 19.1 Å². The van der Waals surface area contributed by atoms with Crippen LogP contribution in [0.1, 0.15) is 19.8 Å². The molecule has 7 heteroatoms. The summed E-state index contributed by atoms with van der Waals surface area (Å²) in [5.41, 5.74) is 5.66. The van der Waals surface area contributed by atoms with Crippen molar-refractivity contribution in [3.8, 4) is 5.75 Å². The van der Waals surface area contributed by atoms with E-state index >= 15 is 0 Å². The monoisotopic (exact) mass is 362 g/mol. The van der Waals surface area contributed by atoms with Gasteiger partial charge in [-0.3, -0.25) is 0 Å². The summed E-state index contributed by atoms with van der Waals surface area (Å²) < 4.78 is 32.8. The average Bonchev–Trinajstić information content (AvgIpc) is 2.90. The highest BCUT2D eigenvalue weighted by molar-refractivity contribution is 9.10. The second kappa shape index (κ2) is 6.43. The third-order valence-electron chi connectivity index (χ3n) is 3.40. The van der Waals surface area contributed by atoms with Gasteiger partial charge in [0.15, 0.2) is 0 Å². The van der Waals surface area contributed by atoms with Crippen LogP contribution in [-0.4, -0.2) is 38.5 Å². The molecule has 112 valence electrons. The third kappa shape index (κ3) is 3.00. The van der Waals surface area contributed by atoms with E-state index in [0.29, 0.717) is 29.9 Å². The van der Waals surface area contributed by atoms with E-state index in [1.54, 1.807) is 18.2 Å². The summed E-state index contributed by atoms with van der Waals surface area (Å²) in [5.74, 6) is 0.642. The van der Waals surface area contributed by atoms with E-state index in [2.05, 4.69) is 15.9 Å². The highest BCUT2D eigenvalue weighted by Gasteiger charge is 2.34. The Labute approximate surface area is 128 Å². The maximum atomic E-state index is 12.6. The Morgan fingerprint density at radius 2 is 2.25 bits per heavy atom. The van der Waals surface area contributed by atoms with Crippen LogP contribution in [0.5, 0.6) is 5.75 Å². The van der Waals surface area contributed by atoms with Crippen molar-refractivity contribution in [3.05, 3.63) is 22.7 Å². The van der Waals surface area contributed by atoms with E-state index in [9.17, 15) is 8.42 Å². The first-order valence-corrected chi connectivity index (χ1v) is 8.88. The minimum Gasteiger partial charge on any atom is -0.493 e. The lowest BCUT2D eigenvalue weighted by Gasteiger charge is -2.23. The van der Waals surface area contributed by atoms with Crippen molar-refractivity contribution in [2.24, 2.45) is 5.73 Å². The maximum Gasteiger partial charge on any atom is 0.243 e. The first kappa shape index (κ1) is 15.8. The third-order valence-corrected chi connectivity index (χ3v) is 5.97. The summed E-state index contributed by atoms with van der Waals surface area (Å²) in [7, 11) is -3.49. The Balaban J connectivity index is 2.32. The van der Waals surface area contributed by atoms with Crippen LogP contribution in [0.2, 0.25) is 0 Å². The van der Waals surface area contributed by atoms with Gasteiger partial charge in [-0.05, 0) is 53.9 Å². The van der Waals surface area contributed by atoms with E-state index in [1.165, 1.54) is 4.31 Å². The van der Waals surface area contributed by atoms with Crippen LogP contribution < -0.4 is 10.5 Å². The highest BCUT2D eigenvalue weighted by atomic mass is 79.9. The van der Waals surface area contributed by atoms with E-state index < -0.39 is 10.0 Å². The van der Waals surface area contributed by atoms with Gasteiger partial charge in [-0.1, -0.05) is 0 Å². The average molecular weight is 363 g/mol. The molecule has 1 heterocycles. The molecule has 1 aromatic rings. The Morgan fingerprint density at radius 1 is 1.50 bits per heavy atom. The van der Waals surface area contributed by atoms with E-state index in [4.69, 9.17) is 10.5 Å². The molecular weight excluding hydrogens is 344 g/mol. The minimum atomic E-state index is -3.49. The number of ether oxygens (including phenoxy) is 1. The summed E-state index contributed by atoms with van der Waals surface area (Å²) in [4.78, 5) is 0.271. The lowest BCUT2D eigenvalue weighted by atomic mass is 10.2. The maximum absolute atomic E-state index is 12.6. The molecule has 20 heavy (non-hydrogen) atoms. The van der Waals surface area contributed by atoms with Crippen molar-refractivity contribution in [1.29, 1.82) is 0 Å².